The van der Waals surface area contributed by atoms with Gasteiger partial charge in [0.2, 0.25) is 0 Å². The van der Waals surface area contributed by atoms with Gasteiger partial charge in [-0.25, -0.2) is 4.39 Å². The van der Waals surface area contributed by atoms with E-state index in [4.69, 9.17) is 5.73 Å². The summed E-state index contributed by atoms with van der Waals surface area (Å²) in [7, 11) is 0. The van der Waals surface area contributed by atoms with Crippen LogP contribution < -0.4 is 11.1 Å². The number of halogens is 2. The number of nitrogen functional groups attached to an aromatic ring is 1. The molecule has 21 heavy (non-hydrogen) atoms. The van der Waals surface area contributed by atoms with E-state index < -0.39 is 17.8 Å². The normalized spacial score (nSPS) is 12.0. The molecule has 6 heteroatoms. The Labute approximate surface area is 129 Å². The molecule has 0 fully saturated rings. The van der Waals surface area contributed by atoms with E-state index in [1.165, 1.54) is 12.1 Å². The Morgan fingerprint density at radius 1 is 1.29 bits per heavy atom. The number of hydrogen-bond acceptors (Lipinski definition) is 3. The molecule has 0 aliphatic heterocycles. The van der Waals surface area contributed by atoms with E-state index in [1.54, 1.807) is 24.3 Å². The van der Waals surface area contributed by atoms with Gasteiger partial charge < -0.3 is 16.2 Å². The molecular formula is C15H14BrFN2O2. The first-order valence-corrected chi connectivity index (χ1v) is 7.03. The van der Waals surface area contributed by atoms with Crippen LogP contribution in [0.25, 0.3) is 0 Å². The van der Waals surface area contributed by atoms with E-state index in [0.29, 0.717) is 15.7 Å². The highest BCUT2D eigenvalue weighted by Crippen LogP contribution is 2.18. The summed E-state index contributed by atoms with van der Waals surface area (Å²) in [6, 6.07) is 10.6. The average molecular weight is 353 g/mol. The van der Waals surface area contributed by atoms with Gasteiger partial charge in [-0.3, -0.25) is 4.79 Å². The van der Waals surface area contributed by atoms with Crippen molar-refractivity contribution in [2.24, 2.45) is 0 Å². The highest BCUT2D eigenvalue weighted by Gasteiger charge is 2.13. The molecule has 2 aromatic carbocycles. The zero-order valence-corrected chi connectivity index (χ0v) is 12.6. The Hall–Kier alpha value is -1.92. The van der Waals surface area contributed by atoms with Crippen molar-refractivity contribution in [3.8, 4) is 0 Å². The topological polar surface area (TPSA) is 75.3 Å². The van der Waals surface area contributed by atoms with Crippen molar-refractivity contribution >= 4 is 27.5 Å². The standard InChI is InChI=1S/C15H14BrFN2O2/c16-13-6-3-10(17)7-12(13)15(21)19-8-14(20)9-1-4-11(18)5-2-9/h1-7,14,20H,8,18H2,(H,19,21). The van der Waals surface area contributed by atoms with Crippen molar-refractivity contribution in [3.05, 3.63) is 63.9 Å². The van der Waals surface area contributed by atoms with Gasteiger partial charge >= 0.3 is 0 Å². The average Bonchev–Trinajstić information content (AvgIpc) is 2.47. The first kappa shape index (κ1) is 15.5. The lowest BCUT2D eigenvalue weighted by atomic mass is 10.1. The second kappa shape index (κ2) is 6.69. The lowest BCUT2D eigenvalue weighted by molar-refractivity contribution is 0.0915. The van der Waals surface area contributed by atoms with Crippen molar-refractivity contribution in [1.82, 2.24) is 5.32 Å². The molecule has 0 aliphatic rings. The number of carbonyl (C=O) groups is 1. The SMILES string of the molecule is Nc1ccc(C(O)CNC(=O)c2cc(F)ccc2Br)cc1. The van der Waals surface area contributed by atoms with Gasteiger partial charge in [0.1, 0.15) is 5.82 Å². The summed E-state index contributed by atoms with van der Waals surface area (Å²) in [5.41, 5.74) is 6.98. The van der Waals surface area contributed by atoms with Crippen LogP contribution in [0.4, 0.5) is 10.1 Å². The highest BCUT2D eigenvalue weighted by atomic mass is 79.9. The summed E-state index contributed by atoms with van der Waals surface area (Å²) in [5.74, 6) is -0.960. The van der Waals surface area contributed by atoms with E-state index >= 15 is 0 Å². The smallest absolute Gasteiger partial charge is 0.252 e. The van der Waals surface area contributed by atoms with Gasteiger partial charge in [0.25, 0.3) is 5.91 Å². The monoisotopic (exact) mass is 352 g/mol. The molecule has 0 aromatic heterocycles. The van der Waals surface area contributed by atoms with Crippen LogP contribution in [0.2, 0.25) is 0 Å². The minimum absolute atomic E-state index is 0.0195. The molecule has 0 bridgehead atoms. The Balaban J connectivity index is 2.00. The number of amides is 1. The molecular weight excluding hydrogens is 339 g/mol. The Bertz CT molecular complexity index is 647. The predicted molar refractivity (Wildman–Crippen MR) is 82.2 cm³/mol. The van der Waals surface area contributed by atoms with Crippen molar-refractivity contribution in [2.45, 2.75) is 6.10 Å². The number of nitrogens with two attached hydrogens (primary N) is 1. The van der Waals surface area contributed by atoms with Crippen LogP contribution >= 0.6 is 15.9 Å². The first-order chi connectivity index (χ1) is 9.97. The molecule has 4 N–H and O–H groups in total. The summed E-state index contributed by atoms with van der Waals surface area (Å²) >= 11 is 3.19. The molecule has 0 saturated carbocycles. The summed E-state index contributed by atoms with van der Waals surface area (Å²) in [6.07, 6.45) is -0.859. The second-order valence-electron chi connectivity index (χ2n) is 4.52. The second-order valence-corrected chi connectivity index (χ2v) is 5.37. The highest BCUT2D eigenvalue weighted by molar-refractivity contribution is 9.10. The van der Waals surface area contributed by atoms with Crippen LogP contribution in [0, 0.1) is 5.82 Å². The van der Waals surface area contributed by atoms with Gasteiger partial charge in [-0.2, -0.15) is 0 Å². The third kappa shape index (κ3) is 4.03. The third-order valence-corrected chi connectivity index (χ3v) is 3.64. The fourth-order valence-electron chi connectivity index (χ4n) is 1.79. The molecule has 0 radical (unpaired) electrons. The maximum Gasteiger partial charge on any atom is 0.252 e. The summed E-state index contributed by atoms with van der Waals surface area (Å²) < 4.78 is 13.6. The molecule has 0 spiro atoms. The van der Waals surface area contributed by atoms with Crippen LogP contribution in [0.15, 0.2) is 46.9 Å². The first-order valence-electron chi connectivity index (χ1n) is 6.24. The van der Waals surface area contributed by atoms with Crippen molar-refractivity contribution < 1.29 is 14.3 Å². The Kier molecular flexibility index (Phi) is 4.93. The lowest BCUT2D eigenvalue weighted by Gasteiger charge is -2.13. The largest absolute Gasteiger partial charge is 0.399 e. The van der Waals surface area contributed by atoms with Crippen LogP contribution in [0.5, 0.6) is 0 Å². The minimum atomic E-state index is -0.859. The molecule has 1 amide bonds. The molecule has 4 nitrogen and oxygen atoms in total. The zero-order valence-electron chi connectivity index (χ0n) is 11.0. The number of anilines is 1. The van der Waals surface area contributed by atoms with Crippen LogP contribution in [0.3, 0.4) is 0 Å². The number of rotatable bonds is 4. The molecule has 0 aliphatic carbocycles. The number of hydrogen-bond donors (Lipinski definition) is 3. The number of benzene rings is 2. The van der Waals surface area contributed by atoms with E-state index in [0.717, 1.165) is 6.07 Å². The molecule has 2 aromatic rings. The Morgan fingerprint density at radius 2 is 1.95 bits per heavy atom. The quantitative estimate of drug-likeness (QED) is 0.740. The van der Waals surface area contributed by atoms with E-state index in [2.05, 4.69) is 21.2 Å². The van der Waals surface area contributed by atoms with Crippen molar-refractivity contribution in [3.63, 3.8) is 0 Å². The van der Waals surface area contributed by atoms with Crippen molar-refractivity contribution in [2.75, 3.05) is 12.3 Å². The number of nitrogens with one attached hydrogen (secondary N) is 1. The number of aliphatic hydroxyl groups is 1. The molecule has 2 rings (SSSR count). The number of aliphatic hydroxyl groups excluding tert-OH is 1. The van der Waals surface area contributed by atoms with Gasteiger partial charge in [0.15, 0.2) is 0 Å². The molecule has 110 valence electrons. The lowest BCUT2D eigenvalue weighted by Crippen LogP contribution is -2.28. The van der Waals surface area contributed by atoms with E-state index in [-0.39, 0.29) is 12.1 Å². The van der Waals surface area contributed by atoms with Crippen LogP contribution in [-0.4, -0.2) is 17.6 Å². The minimum Gasteiger partial charge on any atom is -0.399 e. The molecule has 1 atom stereocenters. The molecule has 0 heterocycles. The van der Waals surface area contributed by atoms with E-state index in [9.17, 15) is 14.3 Å². The van der Waals surface area contributed by atoms with E-state index in [1.807, 2.05) is 0 Å². The van der Waals surface area contributed by atoms with Gasteiger partial charge in [-0.1, -0.05) is 12.1 Å². The van der Waals surface area contributed by atoms with Crippen LogP contribution in [0.1, 0.15) is 22.0 Å². The summed E-state index contributed by atoms with van der Waals surface area (Å²) in [4.78, 5) is 12.0. The van der Waals surface area contributed by atoms with Gasteiger partial charge in [0, 0.05) is 16.7 Å². The maximum absolute atomic E-state index is 13.1. The molecule has 0 saturated heterocycles. The zero-order chi connectivity index (χ0) is 15.4. The third-order valence-electron chi connectivity index (χ3n) is 2.95. The van der Waals surface area contributed by atoms with Gasteiger partial charge in [0.05, 0.1) is 11.7 Å². The van der Waals surface area contributed by atoms with Crippen molar-refractivity contribution in [1.29, 1.82) is 0 Å². The van der Waals surface area contributed by atoms with Gasteiger partial charge in [-0.15, -0.1) is 0 Å². The fraction of sp³-hybridized carbons (Fsp3) is 0.133. The predicted octanol–water partition coefficient (Wildman–Crippen LogP) is 2.63. The summed E-state index contributed by atoms with van der Waals surface area (Å²) in [6.45, 7) is 0.0195. The molecule has 1 unspecified atom stereocenters. The maximum atomic E-state index is 13.1. The van der Waals surface area contributed by atoms with Gasteiger partial charge in [-0.05, 0) is 51.8 Å². The fourth-order valence-corrected chi connectivity index (χ4v) is 2.22. The van der Waals surface area contributed by atoms with Crippen LogP contribution in [-0.2, 0) is 0 Å². The summed E-state index contributed by atoms with van der Waals surface area (Å²) in [5, 5.41) is 12.6. The Morgan fingerprint density at radius 3 is 2.62 bits per heavy atom. The number of carbonyl (C=O) groups excluding carboxylic acids is 1.